The van der Waals surface area contributed by atoms with E-state index in [-0.39, 0.29) is 6.04 Å². The largest absolute Gasteiger partial charge is 0.235 e. The lowest BCUT2D eigenvalue weighted by atomic mass is 9.95. The van der Waals surface area contributed by atoms with E-state index < -0.39 is 0 Å². The third-order valence-electron chi connectivity index (χ3n) is 4.85. The van der Waals surface area contributed by atoms with Crippen LogP contribution in [0.3, 0.4) is 0 Å². The molecular weight excluding hydrogens is 342 g/mol. The van der Waals surface area contributed by atoms with Crippen LogP contribution in [0.2, 0.25) is 0 Å². The molecule has 4 aromatic carbocycles. The van der Waals surface area contributed by atoms with Gasteiger partial charge in [0, 0.05) is 0 Å². The number of hydrogen-bond acceptors (Lipinski definition) is 2. The Morgan fingerprint density at radius 2 is 0.857 bits per heavy atom. The minimum atomic E-state index is -0.354. The van der Waals surface area contributed by atoms with Gasteiger partial charge in [0.1, 0.15) is 6.04 Å². The summed E-state index contributed by atoms with van der Waals surface area (Å²) in [6.45, 7) is 0. The molecule has 0 amide bonds. The molecule has 0 bridgehead atoms. The molecule has 0 spiro atoms. The number of rotatable bonds is 5. The van der Waals surface area contributed by atoms with Crippen LogP contribution in [0.4, 0.5) is 0 Å². The molecular formula is C26H19NO. The van der Waals surface area contributed by atoms with E-state index in [0.29, 0.717) is 0 Å². The number of nitrogens with zero attached hydrogens (tertiary/aromatic N) is 1. The summed E-state index contributed by atoms with van der Waals surface area (Å²) in [5.74, 6) is 0. The highest BCUT2D eigenvalue weighted by atomic mass is 16.1. The van der Waals surface area contributed by atoms with Gasteiger partial charge in [0.2, 0.25) is 6.08 Å². The van der Waals surface area contributed by atoms with Crippen molar-refractivity contribution in [1.29, 1.82) is 0 Å². The van der Waals surface area contributed by atoms with Crippen LogP contribution in [-0.4, -0.2) is 6.08 Å². The number of carbonyl (C=O) groups excluding carboxylic acids is 1. The first-order valence-electron chi connectivity index (χ1n) is 9.23. The molecule has 0 heterocycles. The van der Waals surface area contributed by atoms with E-state index in [1.54, 1.807) is 6.08 Å². The van der Waals surface area contributed by atoms with Crippen molar-refractivity contribution in [1.82, 2.24) is 0 Å². The molecule has 0 fully saturated rings. The molecule has 4 aromatic rings. The maximum Gasteiger partial charge on any atom is 0.235 e. The Balaban J connectivity index is 1.63. The van der Waals surface area contributed by atoms with Gasteiger partial charge in [-0.3, -0.25) is 0 Å². The molecule has 0 aliphatic heterocycles. The Kier molecular flexibility index (Phi) is 5.24. The molecule has 134 valence electrons. The highest BCUT2D eigenvalue weighted by Gasteiger charge is 2.13. The molecule has 2 nitrogen and oxygen atoms in total. The smallest absolute Gasteiger partial charge is 0.211 e. The minimum absolute atomic E-state index is 0.354. The predicted octanol–water partition coefficient (Wildman–Crippen LogP) is 6.45. The summed E-state index contributed by atoms with van der Waals surface area (Å²) in [6, 6.07) is 36.5. The minimum Gasteiger partial charge on any atom is -0.211 e. The van der Waals surface area contributed by atoms with Crippen molar-refractivity contribution in [3.05, 3.63) is 120 Å². The lowest BCUT2D eigenvalue weighted by Crippen LogP contribution is -1.98. The Hall–Kier alpha value is -3.74. The molecule has 0 radical (unpaired) electrons. The van der Waals surface area contributed by atoms with E-state index >= 15 is 0 Å². The molecule has 0 saturated heterocycles. The van der Waals surface area contributed by atoms with Gasteiger partial charge in [-0.15, -0.1) is 0 Å². The average Bonchev–Trinajstić information content (AvgIpc) is 2.79. The number of hydrogen-bond donors (Lipinski definition) is 0. The van der Waals surface area contributed by atoms with Gasteiger partial charge in [-0.2, -0.15) is 4.99 Å². The van der Waals surface area contributed by atoms with Gasteiger partial charge < -0.3 is 0 Å². The molecule has 0 aromatic heterocycles. The van der Waals surface area contributed by atoms with Crippen LogP contribution in [-0.2, 0) is 4.79 Å². The van der Waals surface area contributed by atoms with Crippen molar-refractivity contribution in [2.45, 2.75) is 6.04 Å². The second kappa shape index (κ2) is 8.30. The zero-order chi connectivity index (χ0) is 19.2. The molecule has 28 heavy (non-hydrogen) atoms. The fourth-order valence-electron chi connectivity index (χ4n) is 3.37. The van der Waals surface area contributed by atoms with Crippen LogP contribution in [0.25, 0.3) is 22.3 Å². The third-order valence-corrected chi connectivity index (χ3v) is 4.85. The van der Waals surface area contributed by atoms with Gasteiger partial charge in [0.15, 0.2) is 0 Å². The van der Waals surface area contributed by atoms with E-state index in [1.165, 1.54) is 0 Å². The third kappa shape index (κ3) is 3.83. The number of benzene rings is 4. The monoisotopic (exact) mass is 361 g/mol. The normalized spacial score (nSPS) is 10.5. The van der Waals surface area contributed by atoms with Gasteiger partial charge >= 0.3 is 0 Å². The van der Waals surface area contributed by atoms with Crippen LogP contribution in [0.5, 0.6) is 0 Å². The zero-order valence-corrected chi connectivity index (χ0v) is 15.3. The van der Waals surface area contributed by atoms with Crippen LogP contribution < -0.4 is 0 Å². The quantitative estimate of drug-likeness (QED) is 0.297. The topological polar surface area (TPSA) is 29.4 Å². The van der Waals surface area contributed by atoms with E-state index in [0.717, 1.165) is 33.4 Å². The van der Waals surface area contributed by atoms with Crippen molar-refractivity contribution >= 4 is 6.08 Å². The molecule has 0 N–H and O–H groups in total. The molecule has 2 heteroatoms. The average molecular weight is 361 g/mol. The first-order valence-corrected chi connectivity index (χ1v) is 9.23. The van der Waals surface area contributed by atoms with Crippen LogP contribution in [0.15, 0.2) is 114 Å². The number of isocyanates is 1. The SMILES string of the molecule is O=C=NC(c1ccc(-c2ccccc2)cc1)c1ccc(-c2ccccc2)cc1. The second-order valence-corrected chi connectivity index (χ2v) is 6.60. The van der Waals surface area contributed by atoms with E-state index in [4.69, 9.17) is 0 Å². The fourth-order valence-corrected chi connectivity index (χ4v) is 3.37. The summed E-state index contributed by atoms with van der Waals surface area (Å²) in [5, 5.41) is 0. The number of aliphatic imine (C=N–C) groups is 1. The fraction of sp³-hybridized carbons (Fsp3) is 0.0385. The Bertz CT molecular complexity index is 996. The van der Waals surface area contributed by atoms with Crippen LogP contribution in [0.1, 0.15) is 17.2 Å². The first kappa shape index (κ1) is 17.7. The van der Waals surface area contributed by atoms with Gasteiger partial charge in [0.25, 0.3) is 0 Å². The van der Waals surface area contributed by atoms with Crippen molar-refractivity contribution in [2.24, 2.45) is 4.99 Å². The van der Waals surface area contributed by atoms with Gasteiger partial charge in [-0.05, 0) is 33.4 Å². The summed E-state index contributed by atoms with van der Waals surface area (Å²) in [5.41, 5.74) is 6.54. The summed E-state index contributed by atoms with van der Waals surface area (Å²) in [6.07, 6.45) is 1.73. The van der Waals surface area contributed by atoms with Crippen molar-refractivity contribution < 1.29 is 4.79 Å². The van der Waals surface area contributed by atoms with Gasteiger partial charge in [-0.1, -0.05) is 109 Å². The Morgan fingerprint density at radius 3 is 1.21 bits per heavy atom. The highest BCUT2D eigenvalue weighted by Crippen LogP contribution is 2.30. The Labute approximate surface area is 164 Å². The first-order chi connectivity index (χ1) is 13.8. The molecule has 0 aliphatic carbocycles. The van der Waals surface area contributed by atoms with Crippen molar-refractivity contribution in [2.75, 3.05) is 0 Å². The van der Waals surface area contributed by atoms with Crippen molar-refractivity contribution in [3.8, 4) is 22.3 Å². The lowest BCUT2D eigenvalue weighted by Gasteiger charge is -2.13. The lowest BCUT2D eigenvalue weighted by molar-refractivity contribution is 0.560. The zero-order valence-electron chi connectivity index (χ0n) is 15.3. The molecule has 0 aliphatic rings. The van der Waals surface area contributed by atoms with E-state index in [1.807, 2.05) is 60.7 Å². The summed E-state index contributed by atoms with van der Waals surface area (Å²) in [7, 11) is 0. The standard InChI is InChI=1S/C26H19NO/c28-19-27-26(24-15-11-22(12-16-24)20-7-3-1-4-8-20)25-17-13-23(14-18-25)21-9-5-2-6-10-21/h1-18,26H. The molecule has 0 saturated carbocycles. The second-order valence-electron chi connectivity index (χ2n) is 6.60. The highest BCUT2D eigenvalue weighted by molar-refractivity contribution is 5.65. The Morgan fingerprint density at radius 1 is 0.500 bits per heavy atom. The molecule has 4 rings (SSSR count). The van der Waals surface area contributed by atoms with E-state index in [9.17, 15) is 4.79 Å². The summed E-state index contributed by atoms with van der Waals surface area (Å²) < 4.78 is 0. The summed E-state index contributed by atoms with van der Waals surface area (Å²) >= 11 is 0. The summed E-state index contributed by atoms with van der Waals surface area (Å²) in [4.78, 5) is 15.1. The van der Waals surface area contributed by atoms with Crippen LogP contribution >= 0.6 is 0 Å². The maximum atomic E-state index is 11.0. The van der Waals surface area contributed by atoms with Crippen molar-refractivity contribution in [3.63, 3.8) is 0 Å². The predicted molar refractivity (Wildman–Crippen MR) is 114 cm³/mol. The van der Waals surface area contributed by atoms with Gasteiger partial charge in [0.05, 0.1) is 0 Å². The maximum absolute atomic E-state index is 11.0. The molecule has 0 atom stereocenters. The van der Waals surface area contributed by atoms with Gasteiger partial charge in [-0.25, -0.2) is 4.79 Å². The van der Waals surface area contributed by atoms with Crippen LogP contribution in [0, 0.1) is 0 Å². The molecule has 0 unspecified atom stereocenters. The van der Waals surface area contributed by atoms with E-state index in [2.05, 4.69) is 53.5 Å².